The molecule has 3 N–H and O–H groups in total. The van der Waals surface area contributed by atoms with Crippen LogP contribution in [0.1, 0.15) is 13.8 Å². The summed E-state index contributed by atoms with van der Waals surface area (Å²) in [5.74, 6) is -0.774. The average Bonchev–Trinajstić information content (AvgIpc) is 2.26. The summed E-state index contributed by atoms with van der Waals surface area (Å²) < 4.78 is 0. The van der Waals surface area contributed by atoms with E-state index in [9.17, 15) is 4.79 Å². The van der Waals surface area contributed by atoms with Crippen molar-refractivity contribution in [2.75, 3.05) is 13.6 Å². The summed E-state index contributed by atoms with van der Waals surface area (Å²) in [5, 5.41) is 8.89. The van der Waals surface area contributed by atoms with Gasteiger partial charge in [-0.15, -0.1) is 0 Å². The molecule has 0 aliphatic carbocycles. The van der Waals surface area contributed by atoms with Crippen LogP contribution >= 0.6 is 0 Å². The number of likely N-dealkylation sites (tertiary alicyclic amines) is 1. The lowest BCUT2D eigenvalue weighted by Gasteiger charge is -2.26. The van der Waals surface area contributed by atoms with Crippen LogP contribution in [0.25, 0.3) is 0 Å². The number of nitrogens with two attached hydrogens (primary N) is 1. The molecule has 1 saturated heterocycles. The van der Waals surface area contributed by atoms with Crippen LogP contribution in [0, 0.1) is 11.8 Å². The van der Waals surface area contributed by atoms with E-state index in [1.165, 1.54) is 0 Å². The van der Waals surface area contributed by atoms with Crippen LogP contribution in [0.5, 0.6) is 0 Å². The van der Waals surface area contributed by atoms with E-state index in [1.807, 2.05) is 11.9 Å². The molecule has 1 fully saturated rings. The fourth-order valence-electron chi connectivity index (χ4n) is 2.28. The summed E-state index contributed by atoms with van der Waals surface area (Å²) in [5.41, 5.74) is 5.89. The molecule has 0 aromatic carbocycles. The molecule has 0 saturated carbocycles. The Hall–Kier alpha value is -0.610. The number of likely N-dealkylation sites (N-methyl/N-ethyl adjacent to an activating group) is 1. The minimum atomic E-state index is -0.775. The highest BCUT2D eigenvalue weighted by Gasteiger charge is 2.42. The van der Waals surface area contributed by atoms with Crippen LogP contribution < -0.4 is 5.73 Å². The first-order valence-corrected chi connectivity index (χ1v) is 4.63. The van der Waals surface area contributed by atoms with Crippen LogP contribution in [0.2, 0.25) is 0 Å². The van der Waals surface area contributed by atoms with Gasteiger partial charge in [0.1, 0.15) is 0 Å². The first-order valence-electron chi connectivity index (χ1n) is 4.63. The van der Waals surface area contributed by atoms with E-state index in [4.69, 9.17) is 10.8 Å². The molecule has 0 amide bonds. The van der Waals surface area contributed by atoms with Gasteiger partial charge in [0.05, 0.1) is 5.92 Å². The van der Waals surface area contributed by atoms with E-state index < -0.39 is 11.9 Å². The Morgan fingerprint density at radius 2 is 2.15 bits per heavy atom. The Morgan fingerprint density at radius 1 is 1.62 bits per heavy atom. The molecule has 0 spiro atoms. The molecule has 13 heavy (non-hydrogen) atoms. The Labute approximate surface area is 78.7 Å². The molecule has 3 atom stereocenters. The van der Waals surface area contributed by atoms with Gasteiger partial charge in [0.2, 0.25) is 0 Å². The van der Waals surface area contributed by atoms with Crippen LogP contribution in [-0.2, 0) is 4.79 Å². The van der Waals surface area contributed by atoms with Gasteiger partial charge in [0, 0.05) is 18.6 Å². The van der Waals surface area contributed by atoms with Gasteiger partial charge in [-0.1, -0.05) is 13.8 Å². The average molecular weight is 186 g/mol. The van der Waals surface area contributed by atoms with Gasteiger partial charge in [0.15, 0.2) is 0 Å². The lowest BCUT2D eigenvalue weighted by atomic mass is 9.93. The number of nitrogens with zero attached hydrogens (tertiary/aromatic N) is 1. The van der Waals surface area contributed by atoms with Gasteiger partial charge in [-0.3, -0.25) is 4.79 Å². The van der Waals surface area contributed by atoms with Gasteiger partial charge >= 0.3 is 5.97 Å². The van der Waals surface area contributed by atoms with Crippen molar-refractivity contribution in [2.24, 2.45) is 17.6 Å². The fourth-order valence-corrected chi connectivity index (χ4v) is 2.28. The van der Waals surface area contributed by atoms with Crippen molar-refractivity contribution in [3.63, 3.8) is 0 Å². The molecular formula is C9H18N2O2. The number of carboxylic acid groups (broad SMARTS) is 1. The number of hydrogen-bond acceptors (Lipinski definition) is 3. The van der Waals surface area contributed by atoms with Crippen LogP contribution in [0.3, 0.4) is 0 Å². The second-order valence-electron chi connectivity index (χ2n) is 4.20. The number of rotatable bonds is 2. The smallest absolute Gasteiger partial charge is 0.309 e. The fraction of sp³-hybridized carbons (Fsp3) is 0.889. The van der Waals surface area contributed by atoms with Crippen molar-refractivity contribution in [3.8, 4) is 0 Å². The normalized spacial score (nSPS) is 35.6. The highest BCUT2D eigenvalue weighted by atomic mass is 16.4. The topological polar surface area (TPSA) is 66.6 Å². The molecular weight excluding hydrogens is 168 g/mol. The zero-order valence-electron chi connectivity index (χ0n) is 8.40. The van der Waals surface area contributed by atoms with E-state index in [2.05, 4.69) is 13.8 Å². The highest BCUT2D eigenvalue weighted by molar-refractivity contribution is 5.71. The summed E-state index contributed by atoms with van der Waals surface area (Å²) in [7, 11) is 1.94. The number of aliphatic carboxylic acids is 1. The lowest BCUT2D eigenvalue weighted by Crippen LogP contribution is -2.44. The molecule has 76 valence electrons. The van der Waals surface area contributed by atoms with E-state index in [-0.39, 0.29) is 12.1 Å². The predicted octanol–water partition coefficient (Wildman–Crippen LogP) is -0.0155. The van der Waals surface area contributed by atoms with Crippen molar-refractivity contribution in [1.82, 2.24) is 4.90 Å². The lowest BCUT2D eigenvalue weighted by molar-refractivity contribution is -0.141. The molecule has 1 rings (SSSR count). The Morgan fingerprint density at radius 3 is 2.38 bits per heavy atom. The van der Waals surface area contributed by atoms with Crippen LogP contribution in [0.15, 0.2) is 0 Å². The minimum Gasteiger partial charge on any atom is -0.481 e. The number of carbonyl (C=O) groups is 1. The largest absolute Gasteiger partial charge is 0.481 e. The minimum absolute atomic E-state index is 0.195. The van der Waals surface area contributed by atoms with Crippen molar-refractivity contribution in [1.29, 1.82) is 0 Å². The molecule has 0 bridgehead atoms. The highest BCUT2D eigenvalue weighted by Crippen LogP contribution is 2.25. The van der Waals surface area contributed by atoms with Crippen LogP contribution in [-0.4, -0.2) is 41.7 Å². The van der Waals surface area contributed by atoms with E-state index in [1.54, 1.807) is 0 Å². The Kier molecular flexibility index (Phi) is 2.93. The summed E-state index contributed by atoms with van der Waals surface area (Å²) in [6.45, 7) is 4.72. The monoisotopic (exact) mass is 186 g/mol. The molecule has 1 heterocycles. The molecule has 0 aromatic heterocycles. The maximum Gasteiger partial charge on any atom is 0.309 e. The third kappa shape index (κ3) is 1.84. The van der Waals surface area contributed by atoms with Gasteiger partial charge in [-0.2, -0.15) is 0 Å². The maximum absolute atomic E-state index is 10.8. The Balaban J connectivity index is 2.75. The third-order valence-electron chi connectivity index (χ3n) is 2.85. The quantitative estimate of drug-likeness (QED) is 0.636. The SMILES string of the molecule is CC(C)C1C(N)C(C(=O)O)CN1C. The van der Waals surface area contributed by atoms with Crippen molar-refractivity contribution in [2.45, 2.75) is 25.9 Å². The van der Waals surface area contributed by atoms with Gasteiger partial charge < -0.3 is 15.7 Å². The zero-order chi connectivity index (χ0) is 10.2. The predicted molar refractivity (Wildman–Crippen MR) is 50.4 cm³/mol. The first-order chi connectivity index (χ1) is 5.95. The van der Waals surface area contributed by atoms with Crippen molar-refractivity contribution < 1.29 is 9.90 Å². The number of carboxylic acids is 1. The third-order valence-corrected chi connectivity index (χ3v) is 2.85. The second-order valence-corrected chi connectivity index (χ2v) is 4.20. The van der Waals surface area contributed by atoms with Crippen molar-refractivity contribution in [3.05, 3.63) is 0 Å². The number of hydrogen-bond donors (Lipinski definition) is 2. The van der Waals surface area contributed by atoms with Gasteiger partial charge in [0.25, 0.3) is 0 Å². The zero-order valence-corrected chi connectivity index (χ0v) is 8.40. The molecule has 0 radical (unpaired) electrons. The Bertz CT molecular complexity index is 206. The van der Waals surface area contributed by atoms with Crippen LogP contribution in [0.4, 0.5) is 0 Å². The standard InChI is InChI=1S/C9H18N2O2/c1-5(2)8-7(10)6(9(12)13)4-11(8)3/h5-8H,4,10H2,1-3H3,(H,12,13). The summed E-state index contributed by atoms with van der Waals surface area (Å²) in [6.07, 6.45) is 0. The molecule has 3 unspecified atom stereocenters. The summed E-state index contributed by atoms with van der Waals surface area (Å²) >= 11 is 0. The van der Waals surface area contributed by atoms with Crippen molar-refractivity contribution >= 4 is 5.97 Å². The second kappa shape index (κ2) is 3.64. The molecule has 1 aliphatic rings. The maximum atomic E-state index is 10.8. The van der Waals surface area contributed by atoms with Gasteiger partial charge in [-0.05, 0) is 13.0 Å². The van der Waals surface area contributed by atoms with E-state index in [0.717, 1.165) is 0 Å². The van der Waals surface area contributed by atoms with E-state index in [0.29, 0.717) is 12.5 Å². The summed E-state index contributed by atoms with van der Waals surface area (Å²) in [4.78, 5) is 12.9. The molecule has 4 nitrogen and oxygen atoms in total. The molecule has 0 aromatic rings. The molecule has 1 aliphatic heterocycles. The van der Waals surface area contributed by atoms with E-state index >= 15 is 0 Å². The summed E-state index contributed by atoms with van der Waals surface area (Å²) in [6, 6.07) is -0.0383. The van der Waals surface area contributed by atoms with Gasteiger partial charge in [-0.25, -0.2) is 0 Å². The first kappa shape index (κ1) is 10.5. The molecule has 4 heteroatoms.